The molecule has 0 heterocycles. The molecule has 0 saturated carbocycles. The number of likely N-dealkylation sites (N-methyl/N-ethyl adjacent to an activating group) is 1. The maximum absolute atomic E-state index is 12.8. The van der Waals surface area contributed by atoms with E-state index in [0.717, 1.165) is 27.2 Å². The second-order valence-electron chi connectivity index (χ2n) is 7.75. The molecule has 32 heavy (non-hydrogen) atoms. The molecule has 7 heteroatoms. The summed E-state index contributed by atoms with van der Waals surface area (Å²) >= 11 is 12.0. The largest absolute Gasteiger partial charge is 0.480 e. The van der Waals surface area contributed by atoms with Crippen LogP contribution >= 0.6 is 23.2 Å². The summed E-state index contributed by atoms with van der Waals surface area (Å²) in [5, 5.41) is 10.5. The number of ether oxygens (including phenoxy) is 1. The molecular weight excluding hydrogens is 449 g/mol. The average Bonchev–Trinajstić information content (AvgIpc) is 3.08. The Morgan fingerprint density at radius 2 is 1.50 bits per heavy atom. The predicted octanol–water partition coefficient (Wildman–Crippen LogP) is 5.87. The van der Waals surface area contributed by atoms with Gasteiger partial charge in [-0.05, 0) is 46.0 Å². The Morgan fingerprint density at radius 1 is 0.969 bits per heavy atom. The number of carbonyl (C=O) groups excluding carboxylic acids is 1. The third kappa shape index (κ3) is 4.45. The van der Waals surface area contributed by atoms with E-state index >= 15 is 0 Å². The van der Waals surface area contributed by atoms with E-state index in [2.05, 4.69) is 12.1 Å². The number of halogens is 2. The summed E-state index contributed by atoms with van der Waals surface area (Å²) in [4.78, 5) is 25.8. The van der Waals surface area contributed by atoms with Crippen molar-refractivity contribution in [2.75, 3.05) is 13.7 Å². The fourth-order valence-electron chi connectivity index (χ4n) is 4.17. The van der Waals surface area contributed by atoms with Crippen molar-refractivity contribution in [1.82, 2.24) is 4.90 Å². The van der Waals surface area contributed by atoms with E-state index in [9.17, 15) is 14.7 Å². The van der Waals surface area contributed by atoms with E-state index < -0.39 is 18.1 Å². The maximum Gasteiger partial charge on any atom is 0.410 e. The minimum Gasteiger partial charge on any atom is -0.480 e. The molecule has 3 aromatic rings. The molecule has 1 aliphatic rings. The number of carboxylic acids is 1. The van der Waals surface area contributed by atoms with Crippen LogP contribution in [0.25, 0.3) is 11.1 Å². The van der Waals surface area contributed by atoms with Crippen LogP contribution in [0, 0.1) is 0 Å². The number of nitrogens with zero attached hydrogens (tertiary/aromatic N) is 1. The van der Waals surface area contributed by atoms with E-state index in [4.69, 9.17) is 27.9 Å². The number of fused-ring (bicyclic) bond motifs is 3. The van der Waals surface area contributed by atoms with Gasteiger partial charge in [-0.25, -0.2) is 9.59 Å². The summed E-state index contributed by atoms with van der Waals surface area (Å²) in [5.74, 6) is -1.24. The third-order valence-electron chi connectivity index (χ3n) is 5.73. The summed E-state index contributed by atoms with van der Waals surface area (Å²) in [6.07, 6.45) is -0.650. The van der Waals surface area contributed by atoms with E-state index in [-0.39, 0.29) is 18.9 Å². The Balaban J connectivity index is 1.49. The highest BCUT2D eigenvalue weighted by Crippen LogP contribution is 2.44. The van der Waals surface area contributed by atoms with Crippen molar-refractivity contribution >= 4 is 35.3 Å². The summed E-state index contributed by atoms with van der Waals surface area (Å²) in [5.41, 5.74) is 5.05. The quantitative estimate of drug-likeness (QED) is 0.490. The van der Waals surface area contributed by atoms with Crippen molar-refractivity contribution < 1.29 is 19.4 Å². The molecule has 0 unspecified atom stereocenters. The molecule has 1 aliphatic carbocycles. The summed E-state index contributed by atoms with van der Waals surface area (Å²) in [7, 11) is 1.42. The van der Waals surface area contributed by atoms with Gasteiger partial charge in [0.25, 0.3) is 0 Å². The molecule has 5 nitrogen and oxygen atoms in total. The van der Waals surface area contributed by atoms with Gasteiger partial charge in [0.2, 0.25) is 0 Å². The lowest BCUT2D eigenvalue weighted by atomic mass is 9.98. The number of carboxylic acid groups (broad SMARTS) is 1. The smallest absolute Gasteiger partial charge is 0.410 e. The molecule has 1 N–H and O–H groups in total. The minimum absolute atomic E-state index is 0.0519. The summed E-state index contributed by atoms with van der Waals surface area (Å²) in [6.45, 7) is 0.118. The number of amides is 1. The first kappa shape index (κ1) is 22.2. The van der Waals surface area contributed by atoms with Crippen molar-refractivity contribution in [3.8, 4) is 11.1 Å². The Bertz CT molecular complexity index is 1110. The Morgan fingerprint density at radius 3 is 2.03 bits per heavy atom. The third-order valence-corrected chi connectivity index (χ3v) is 6.16. The van der Waals surface area contributed by atoms with E-state index in [1.807, 2.05) is 36.4 Å². The van der Waals surface area contributed by atoms with Gasteiger partial charge in [-0.3, -0.25) is 4.90 Å². The molecule has 0 spiro atoms. The number of hydrogen-bond donors (Lipinski definition) is 1. The molecule has 0 radical (unpaired) electrons. The van der Waals surface area contributed by atoms with Crippen molar-refractivity contribution in [2.45, 2.75) is 18.4 Å². The van der Waals surface area contributed by atoms with Crippen molar-refractivity contribution in [2.24, 2.45) is 0 Å². The van der Waals surface area contributed by atoms with Gasteiger partial charge in [0, 0.05) is 29.4 Å². The van der Waals surface area contributed by atoms with Gasteiger partial charge in [-0.1, -0.05) is 71.7 Å². The van der Waals surface area contributed by atoms with Gasteiger partial charge in [0.05, 0.1) is 0 Å². The zero-order valence-corrected chi connectivity index (χ0v) is 18.8. The zero-order valence-electron chi connectivity index (χ0n) is 17.3. The van der Waals surface area contributed by atoms with Gasteiger partial charge in [-0.15, -0.1) is 0 Å². The van der Waals surface area contributed by atoms with Crippen molar-refractivity contribution in [3.63, 3.8) is 0 Å². The lowest BCUT2D eigenvalue weighted by molar-refractivity contribution is -0.142. The Labute approximate surface area is 196 Å². The van der Waals surface area contributed by atoms with Gasteiger partial charge in [0.15, 0.2) is 0 Å². The first-order chi connectivity index (χ1) is 15.3. The normalized spacial score (nSPS) is 13.2. The van der Waals surface area contributed by atoms with E-state index in [1.165, 1.54) is 7.05 Å². The van der Waals surface area contributed by atoms with Crippen LogP contribution in [0.1, 0.15) is 22.6 Å². The van der Waals surface area contributed by atoms with Gasteiger partial charge in [0.1, 0.15) is 12.6 Å². The second kappa shape index (κ2) is 9.23. The van der Waals surface area contributed by atoms with Crippen LogP contribution in [0.2, 0.25) is 10.0 Å². The van der Waals surface area contributed by atoms with Crippen LogP contribution in [0.4, 0.5) is 4.79 Å². The van der Waals surface area contributed by atoms with Gasteiger partial charge < -0.3 is 9.84 Å². The van der Waals surface area contributed by atoms with Crippen LogP contribution in [0.5, 0.6) is 0 Å². The van der Waals surface area contributed by atoms with E-state index in [1.54, 1.807) is 18.2 Å². The van der Waals surface area contributed by atoms with Crippen molar-refractivity contribution in [1.29, 1.82) is 0 Å². The molecule has 164 valence electrons. The van der Waals surface area contributed by atoms with E-state index in [0.29, 0.717) is 15.6 Å². The number of aliphatic carboxylic acids is 1. The molecule has 1 amide bonds. The second-order valence-corrected chi connectivity index (χ2v) is 8.62. The highest BCUT2D eigenvalue weighted by molar-refractivity contribution is 6.34. The SMILES string of the molecule is CN(C(=O)OCC1c2ccccc2-c2ccccc21)[C@H](Cc1cc(Cl)cc(Cl)c1)C(=O)O. The van der Waals surface area contributed by atoms with Crippen LogP contribution in [0.15, 0.2) is 66.7 Å². The highest BCUT2D eigenvalue weighted by Gasteiger charge is 2.32. The molecule has 0 aliphatic heterocycles. The first-order valence-corrected chi connectivity index (χ1v) is 10.9. The number of benzene rings is 3. The summed E-state index contributed by atoms with van der Waals surface area (Å²) < 4.78 is 5.59. The molecule has 0 bridgehead atoms. The van der Waals surface area contributed by atoms with Crippen molar-refractivity contribution in [3.05, 3.63) is 93.5 Å². The molecule has 4 rings (SSSR count). The molecular formula is C25H21Cl2NO4. The minimum atomic E-state index is -1.14. The van der Waals surface area contributed by atoms with Crippen LogP contribution in [-0.2, 0) is 16.0 Å². The zero-order chi connectivity index (χ0) is 22.8. The fourth-order valence-corrected chi connectivity index (χ4v) is 4.74. The average molecular weight is 470 g/mol. The van der Waals surface area contributed by atoms with Gasteiger partial charge >= 0.3 is 12.1 Å². The molecule has 0 saturated heterocycles. The standard InChI is InChI=1S/C25H21Cl2NO4/c1-28(23(24(29)30)12-15-10-16(26)13-17(27)11-15)25(31)32-14-22-20-8-4-2-6-18(20)19-7-3-5-9-21(19)22/h2-11,13,22-23H,12,14H2,1H3,(H,29,30)/t23-/m1/s1. The first-order valence-electron chi connectivity index (χ1n) is 10.1. The molecule has 1 atom stereocenters. The number of carbonyl (C=O) groups is 2. The number of rotatable bonds is 6. The highest BCUT2D eigenvalue weighted by atomic mass is 35.5. The fraction of sp³-hybridized carbons (Fsp3) is 0.200. The lowest BCUT2D eigenvalue weighted by Gasteiger charge is -2.25. The molecule has 3 aromatic carbocycles. The van der Waals surface area contributed by atoms with Crippen LogP contribution in [-0.4, -0.2) is 41.8 Å². The monoisotopic (exact) mass is 469 g/mol. The van der Waals surface area contributed by atoms with Crippen LogP contribution < -0.4 is 0 Å². The summed E-state index contributed by atoms with van der Waals surface area (Å²) in [6, 6.07) is 19.8. The topological polar surface area (TPSA) is 66.8 Å². The molecule has 0 aromatic heterocycles. The van der Waals surface area contributed by atoms with Crippen LogP contribution in [0.3, 0.4) is 0 Å². The lowest BCUT2D eigenvalue weighted by Crippen LogP contribution is -2.44. The predicted molar refractivity (Wildman–Crippen MR) is 124 cm³/mol. The Kier molecular flexibility index (Phi) is 6.40. The number of hydrogen-bond acceptors (Lipinski definition) is 3. The Hall–Kier alpha value is -3.02. The van der Waals surface area contributed by atoms with Gasteiger partial charge in [-0.2, -0.15) is 0 Å². The molecule has 0 fully saturated rings. The maximum atomic E-state index is 12.8.